The van der Waals surface area contributed by atoms with E-state index in [9.17, 15) is 19.2 Å². The van der Waals surface area contributed by atoms with Crippen molar-refractivity contribution in [2.75, 3.05) is 13.1 Å². The van der Waals surface area contributed by atoms with Crippen LogP contribution in [0, 0.1) is 0 Å². The maximum absolute atomic E-state index is 12.8. The molecule has 0 aromatic rings. The fourth-order valence-electron chi connectivity index (χ4n) is 4.85. The zero-order valence-electron chi connectivity index (χ0n) is 17.5. The number of amides is 5. The summed E-state index contributed by atoms with van der Waals surface area (Å²) in [5, 5.41) is 8.74. The van der Waals surface area contributed by atoms with Crippen molar-refractivity contribution in [3.05, 3.63) is 0 Å². The van der Waals surface area contributed by atoms with Gasteiger partial charge in [0.05, 0.1) is 0 Å². The third kappa shape index (κ3) is 4.56. The molecule has 162 valence electrons. The molecule has 3 fully saturated rings. The van der Waals surface area contributed by atoms with Gasteiger partial charge in [0.1, 0.15) is 11.1 Å². The third-order valence-electron chi connectivity index (χ3n) is 6.60. The maximum atomic E-state index is 12.8. The minimum atomic E-state index is -0.868. The number of imide groups is 1. The molecule has 0 unspecified atom stereocenters. The molecule has 29 heavy (non-hydrogen) atoms. The van der Waals surface area contributed by atoms with Gasteiger partial charge >= 0.3 is 6.03 Å². The number of unbranched alkanes of at least 4 members (excludes halogenated alkanes) is 1. The Hall–Kier alpha value is -2.12. The molecule has 0 aromatic carbocycles. The van der Waals surface area contributed by atoms with E-state index in [1.165, 1.54) is 4.90 Å². The first-order chi connectivity index (χ1) is 13.9. The van der Waals surface area contributed by atoms with Gasteiger partial charge in [-0.25, -0.2) is 4.79 Å². The second-order valence-corrected chi connectivity index (χ2v) is 8.73. The molecule has 0 atom stereocenters. The second-order valence-electron chi connectivity index (χ2n) is 8.73. The highest BCUT2D eigenvalue weighted by atomic mass is 16.2. The monoisotopic (exact) mass is 406 g/mol. The minimum Gasteiger partial charge on any atom is -0.354 e. The van der Waals surface area contributed by atoms with Gasteiger partial charge in [-0.3, -0.25) is 19.3 Å². The number of urea groups is 1. The van der Waals surface area contributed by atoms with Crippen molar-refractivity contribution in [1.82, 2.24) is 20.9 Å². The summed E-state index contributed by atoms with van der Waals surface area (Å²) in [6, 6.07) is -0.408. The van der Waals surface area contributed by atoms with Crippen molar-refractivity contribution in [3.8, 4) is 0 Å². The predicted octanol–water partition coefficient (Wildman–Crippen LogP) is 1.98. The van der Waals surface area contributed by atoms with Crippen molar-refractivity contribution in [3.63, 3.8) is 0 Å². The number of rotatable bonds is 8. The summed E-state index contributed by atoms with van der Waals surface area (Å²) in [6.45, 7) is 2.72. The van der Waals surface area contributed by atoms with Crippen LogP contribution in [-0.4, -0.2) is 52.8 Å². The SMILES string of the molecule is CCCCNC(=O)C1(NC(=O)CCN2C(=O)NC3(CCCC3)C2=O)CCCCC1. The van der Waals surface area contributed by atoms with Crippen molar-refractivity contribution >= 4 is 23.8 Å². The number of hydrogen-bond acceptors (Lipinski definition) is 4. The Kier molecular flexibility index (Phi) is 6.80. The molecule has 3 N–H and O–H groups in total. The van der Waals surface area contributed by atoms with E-state index in [1.54, 1.807) is 0 Å². The van der Waals surface area contributed by atoms with Gasteiger partial charge < -0.3 is 16.0 Å². The highest BCUT2D eigenvalue weighted by Gasteiger charge is 2.52. The summed E-state index contributed by atoms with van der Waals surface area (Å²) in [5.74, 6) is -0.609. The van der Waals surface area contributed by atoms with Gasteiger partial charge in [-0.1, -0.05) is 45.4 Å². The first kappa shape index (κ1) is 21.6. The standard InChI is InChI=1S/C21H34N4O4/c1-2-3-14-22-17(27)20(10-5-4-6-11-20)23-16(26)9-15-25-18(28)21(24-19(25)29)12-7-8-13-21/h2-15H2,1H3,(H,22,27)(H,23,26)(H,24,29). The van der Waals surface area contributed by atoms with Gasteiger partial charge in [0.2, 0.25) is 11.8 Å². The highest BCUT2D eigenvalue weighted by molar-refractivity contribution is 6.07. The molecular formula is C21H34N4O4. The van der Waals surface area contributed by atoms with E-state index in [2.05, 4.69) is 22.9 Å². The van der Waals surface area contributed by atoms with Crippen molar-refractivity contribution in [2.24, 2.45) is 0 Å². The Labute approximate surface area is 172 Å². The average molecular weight is 407 g/mol. The number of nitrogens with zero attached hydrogens (tertiary/aromatic N) is 1. The van der Waals surface area contributed by atoms with Crippen LogP contribution in [0.25, 0.3) is 0 Å². The van der Waals surface area contributed by atoms with E-state index in [4.69, 9.17) is 0 Å². The largest absolute Gasteiger partial charge is 0.354 e. The Morgan fingerprint density at radius 3 is 2.34 bits per heavy atom. The molecule has 1 heterocycles. The first-order valence-corrected chi connectivity index (χ1v) is 11.2. The lowest BCUT2D eigenvalue weighted by molar-refractivity contribution is -0.136. The molecule has 1 saturated heterocycles. The molecule has 2 saturated carbocycles. The lowest BCUT2D eigenvalue weighted by atomic mass is 9.80. The normalized spacial score (nSPS) is 22.6. The quantitative estimate of drug-likeness (QED) is 0.423. The smallest absolute Gasteiger partial charge is 0.325 e. The van der Waals surface area contributed by atoms with Gasteiger partial charge in [0.15, 0.2) is 0 Å². The van der Waals surface area contributed by atoms with Crippen LogP contribution in [-0.2, 0) is 14.4 Å². The van der Waals surface area contributed by atoms with Crippen LogP contribution in [0.5, 0.6) is 0 Å². The molecule has 1 aliphatic heterocycles. The number of carbonyl (C=O) groups is 4. The van der Waals surface area contributed by atoms with Crippen LogP contribution < -0.4 is 16.0 Å². The third-order valence-corrected chi connectivity index (χ3v) is 6.60. The van der Waals surface area contributed by atoms with Gasteiger partial charge in [-0.2, -0.15) is 0 Å². The van der Waals surface area contributed by atoms with Gasteiger partial charge in [0, 0.05) is 19.5 Å². The van der Waals surface area contributed by atoms with Crippen LogP contribution in [0.4, 0.5) is 4.79 Å². The van der Waals surface area contributed by atoms with E-state index in [1.807, 2.05) is 0 Å². The van der Waals surface area contributed by atoms with Crippen LogP contribution in [0.15, 0.2) is 0 Å². The summed E-state index contributed by atoms with van der Waals surface area (Å²) >= 11 is 0. The zero-order valence-corrected chi connectivity index (χ0v) is 17.5. The predicted molar refractivity (Wildman–Crippen MR) is 108 cm³/mol. The lowest BCUT2D eigenvalue weighted by Gasteiger charge is -2.36. The lowest BCUT2D eigenvalue weighted by Crippen LogP contribution is -2.60. The van der Waals surface area contributed by atoms with E-state index in [-0.39, 0.29) is 30.7 Å². The zero-order chi connectivity index (χ0) is 20.9. The molecule has 8 heteroatoms. The summed E-state index contributed by atoms with van der Waals surface area (Å²) in [6.07, 6.45) is 9.22. The van der Waals surface area contributed by atoms with E-state index >= 15 is 0 Å². The molecule has 8 nitrogen and oxygen atoms in total. The fourth-order valence-corrected chi connectivity index (χ4v) is 4.85. The van der Waals surface area contributed by atoms with Crippen LogP contribution in [0.1, 0.15) is 84.0 Å². The Morgan fingerprint density at radius 2 is 1.69 bits per heavy atom. The van der Waals surface area contributed by atoms with Crippen molar-refractivity contribution in [1.29, 1.82) is 0 Å². The number of carbonyl (C=O) groups excluding carboxylic acids is 4. The Balaban J connectivity index is 1.57. The van der Waals surface area contributed by atoms with Crippen LogP contribution >= 0.6 is 0 Å². The highest BCUT2D eigenvalue weighted by Crippen LogP contribution is 2.35. The van der Waals surface area contributed by atoms with Crippen molar-refractivity contribution < 1.29 is 19.2 Å². The second kappa shape index (κ2) is 9.13. The molecule has 3 rings (SSSR count). The van der Waals surface area contributed by atoms with Gasteiger partial charge in [-0.15, -0.1) is 0 Å². The number of hydrogen-bond donors (Lipinski definition) is 3. The molecule has 0 bridgehead atoms. The molecule has 2 aliphatic carbocycles. The summed E-state index contributed by atoms with van der Waals surface area (Å²) in [5.41, 5.74) is -1.62. The molecule has 5 amide bonds. The summed E-state index contributed by atoms with van der Waals surface area (Å²) in [7, 11) is 0. The molecular weight excluding hydrogens is 372 g/mol. The molecule has 1 spiro atoms. The number of nitrogens with one attached hydrogen (secondary N) is 3. The first-order valence-electron chi connectivity index (χ1n) is 11.2. The molecule has 0 aromatic heterocycles. The molecule has 3 aliphatic rings. The summed E-state index contributed by atoms with van der Waals surface area (Å²) in [4.78, 5) is 51.6. The maximum Gasteiger partial charge on any atom is 0.325 e. The Bertz CT molecular complexity index is 651. The minimum absolute atomic E-state index is 0.0131. The van der Waals surface area contributed by atoms with E-state index < -0.39 is 17.1 Å². The van der Waals surface area contributed by atoms with Crippen LogP contribution in [0.3, 0.4) is 0 Å². The van der Waals surface area contributed by atoms with Crippen molar-refractivity contribution in [2.45, 2.75) is 95.1 Å². The fraction of sp³-hybridized carbons (Fsp3) is 0.810. The van der Waals surface area contributed by atoms with Gasteiger partial charge in [0.25, 0.3) is 5.91 Å². The topological polar surface area (TPSA) is 108 Å². The van der Waals surface area contributed by atoms with Crippen LogP contribution in [0.2, 0.25) is 0 Å². The molecule has 0 radical (unpaired) electrons. The van der Waals surface area contributed by atoms with E-state index in [0.29, 0.717) is 32.2 Å². The summed E-state index contributed by atoms with van der Waals surface area (Å²) < 4.78 is 0. The van der Waals surface area contributed by atoms with Gasteiger partial charge in [-0.05, 0) is 32.1 Å². The van der Waals surface area contributed by atoms with E-state index in [0.717, 1.165) is 44.9 Å². The Morgan fingerprint density at radius 1 is 1.03 bits per heavy atom. The average Bonchev–Trinajstić information content (AvgIpc) is 3.26.